The first kappa shape index (κ1) is 7.29. The van der Waals surface area contributed by atoms with Gasteiger partial charge in [0.25, 0.3) is 0 Å². The fourth-order valence-corrected chi connectivity index (χ4v) is 1.07. The molecule has 1 aromatic carbocycles. The molecule has 0 aromatic heterocycles. The van der Waals surface area contributed by atoms with Crippen LogP contribution in [0.1, 0.15) is 16.7 Å². The highest BCUT2D eigenvalue weighted by Gasteiger charge is 1.95. The Morgan fingerprint density at radius 1 is 1.30 bits per heavy atom. The molecule has 0 saturated heterocycles. The van der Waals surface area contributed by atoms with Crippen LogP contribution in [-0.4, -0.2) is 0 Å². The molecule has 1 rings (SSSR count). The van der Waals surface area contributed by atoms with Crippen LogP contribution in [0.3, 0.4) is 0 Å². The van der Waals surface area contributed by atoms with Gasteiger partial charge in [-0.25, -0.2) is 0 Å². The number of aryl methyl sites for hydroxylation is 2. The third kappa shape index (κ3) is 1.36. The number of quaternary nitrogens is 1. The van der Waals surface area contributed by atoms with Gasteiger partial charge in [0.2, 0.25) is 0 Å². The number of rotatable bonds is 1. The van der Waals surface area contributed by atoms with Crippen molar-refractivity contribution in [1.82, 2.24) is 0 Å². The zero-order chi connectivity index (χ0) is 7.56. The van der Waals surface area contributed by atoms with Gasteiger partial charge in [0.15, 0.2) is 0 Å². The van der Waals surface area contributed by atoms with Crippen molar-refractivity contribution < 1.29 is 5.73 Å². The first-order valence-electron chi connectivity index (χ1n) is 3.59. The SMILES string of the molecule is Cc1ccc(C)c(C[NH3+])c1. The molecule has 54 valence electrons. The van der Waals surface area contributed by atoms with E-state index < -0.39 is 0 Å². The smallest absolute Gasteiger partial charge is 0.0999 e. The van der Waals surface area contributed by atoms with Crippen LogP contribution < -0.4 is 5.73 Å². The molecule has 1 heteroatoms. The van der Waals surface area contributed by atoms with Crippen molar-refractivity contribution >= 4 is 0 Å². The Hall–Kier alpha value is -0.820. The lowest BCUT2D eigenvalue weighted by Gasteiger charge is -2.00. The maximum atomic E-state index is 3.86. The molecule has 10 heavy (non-hydrogen) atoms. The van der Waals surface area contributed by atoms with Crippen LogP contribution in [0.25, 0.3) is 0 Å². The van der Waals surface area contributed by atoms with E-state index in [0.717, 1.165) is 6.54 Å². The van der Waals surface area contributed by atoms with Crippen LogP contribution in [0.2, 0.25) is 0 Å². The molecule has 0 saturated carbocycles. The molecule has 3 N–H and O–H groups in total. The molecule has 0 bridgehead atoms. The summed E-state index contributed by atoms with van der Waals surface area (Å²) in [5, 5.41) is 0. The largest absolute Gasteiger partial charge is 0.354 e. The molecule has 0 amide bonds. The molecule has 0 radical (unpaired) electrons. The predicted octanol–water partition coefficient (Wildman–Crippen LogP) is 1.05. The quantitative estimate of drug-likeness (QED) is 0.597. The van der Waals surface area contributed by atoms with Gasteiger partial charge in [-0.05, 0) is 19.4 Å². The van der Waals surface area contributed by atoms with E-state index in [4.69, 9.17) is 0 Å². The zero-order valence-corrected chi connectivity index (χ0v) is 6.65. The molecule has 1 nitrogen and oxygen atoms in total. The lowest BCUT2D eigenvalue weighted by atomic mass is 10.1. The van der Waals surface area contributed by atoms with E-state index in [2.05, 4.69) is 37.8 Å². The van der Waals surface area contributed by atoms with E-state index in [0.29, 0.717) is 0 Å². The van der Waals surface area contributed by atoms with Gasteiger partial charge in [-0.15, -0.1) is 0 Å². The lowest BCUT2D eigenvalue weighted by molar-refractivity contribution is -0.386. The Morgan fingerprint density at radius 3 is 2.50 bits per heavy atom. The molecule has 0 aliphatic heterocycles. The summed E-state index contributed by atoms with van der Waals surface area (Å²) in [5.41, 5.74) is 7.89. The third-order valence-corrected chi connectivity index (χ3v) is 1.77. The second-order valence-corrected chi connectivity index (χ2v) is 2.68. The fraction of sp³-hybridized carbons (Fsp3) is 0.333. The molecular formula is C9H14N+. The molecular weight excluding hydrogens is 122 g/mol. The van der Waals surface area contributed by atoms with Crippen LogP contribution in [-0.2, 0) is 6.54 Å². The second-order valence-electron chi connectivity index (χ2n) is 2.68. The van der Waals surface area contributed by atoms with Crippen molar-refractivity contribution in [2.75, 3.05) is 0 Å². The summed E-state index contributed by atoms with van der Waals surface area (Å²) in [7, 11) is 0. The van der Waals surface area contributed by atoms with Crippen molar-refractivity contribution in [3.8, 4) is 0 Å². The standard InChI is InChI=1S/C9H13N/c1-7-3-4-8(2)9(5-7)6-10/h3-5H,6,10H2,1-2H3/p+1. The first-order valence-corrected chi connectivity index (χ1v) is 3.59. The van der Waals surface area contributed by atoms with E-state index in [1.165, 1.54) is 16.7 Å². The van der Waals surface area contributed by atoms with Crippen LogP contribution >= 0.6 is 0 Å². The van der Waals surface area contributed by atoms with Crippen LogP contribution in [0.15, 0.2) is 18.2 Å². The summed E-state index contributed by atoms with van der Waals surface area (Å²) in [5.74, 6) is 0. The molecule has 1 aromatic rings. The minimum atomic E-state index is 0.896. The van der Waals surface area contributed by atoms with Crippen LogP contribution in [0.4, 0.5) is 0 Å². The molecule has 0 aliphatic rings. The van der Waals surface area contributed by atoms with E-state index in [9.17, 15) is 0 Å². The highest BCUT2D eigenvalue weighted by atomic mass is 14.5. The minimum Gasteiger partial charge on any atom is -0.354 e. The Morgan fingerprint density at radius 2 is 2.00 bits per heavy atom. The van der Waals surface area contributed by atoms with Crippen molar-refractivity contribution in [1.29, 1.82) is 0 Å². The van der Waals surface area contributed by atoms with Gasteiger partial charge < -0.3 is 5.73 Å². The zero-order valence-electron chi connectivity index (χ0n) is 6.65. The Labute approximate surface area is 61.9 Å². The first-order chi connectivity index (χ1) is 4.74. The Bertz CT molecular complexity index is 228. The monoisotopic (exact) mass is 136 g/mol. The van der Waals surface area contributed by atoms with E-state index in [1.54, 1.807) is 0 Å². The molecule has 0 unspecified atom stereocenters. The Balaban J connectivity index is 3.09. The molecule has 0 fully saturated rings. The van der Waals surface area contributed by atoms with Crippen LogP contribution in [0.5, 0.6) is 0 Å². The maximum absolute atomic E-state index is 3.86. The topological polar surface area (TPSA) is 27.6 Å². The maximum Gasteiger partial charge on any atom is 0.0999 e. The summed E-state index contributed by atoms with van der Waals surface area (Å²) in [6, 6.07) is 6.48. The predicted molar refractivity (Wildman–Crippen MR) is 42.5 cm³/mol. The van der Waals surface area contributed by atoms with E-state index in [-0.39, 0.29) is 0 Å². The number of benzene rings is 1. The lowest BCUT2D eigenvalue weighted by Crippen LogP contribution is -2.47. The fourth-order valence-electron chi connectivity index (χ4n) is 1.07. The van der Waals surface area contributed by atoms with E-state index in [1.807, 2.05) is 0 Å². The highest BCUT2D eigenvalue weighted by molar-refractivity contribution is 5.29. The number of hydrogen-bond donors (Lipinski definition) is 1. The molecule has 0 atom stereocenters. The summed E-state index contributed by atoms with van der Waals surface area (Å²) in [6.45, 7) is 5.13. The van der Waals surface area contributed by atoms with Gasteiger partial charge in [-0.3, -0.25) is 0 Å². The van der Waals surface area contributed by atoms with Crippen molar-refractivity contribution in [2.24, 2.45) is 0 Å². The summed E-state index contributed by atoms with van der Waals surface area (Å²) < 4.78 is 0. The number of hydrogen-bond acceptors (Lipinski definition) is 0. The second kappa shape index (κ2) is 2.84. The van der Waals surface area contributed by atoms with Gasteiger partial charge in [0, 0.05) is 5.56 Å². The van der Waals surface area contributed by atoms with Gasteiger partial charge in [-0.1, -0.05) is 23.8 Å². The molecule has 0 aliphatic carbocycles. The minimum absolute atomic E-state index is 0.896. The molecule has 0 heterocycles. The Kier molecular flexibility index (Phi) is 2.07. The van der Waals surface area contributed by atoms with Gasteiger partial charge in [0.1, 0.15) is 0 Å². The third-order valence-electron chi connectivity index (χ3n) is 1.77. The van der Waals surface area contributed by atoms with E-state index >= 15 is 0 Å². The average molecular weight is 136 g/mol. The normalized spacial score (nSPS) is 9.90. The van der Waals surface area contributed by atoms with Gasteiger partial charge >= 0.3 is 0 Å². The highest BCUT2D eigenvalue weighted by Crippen LogP contribution is 2.08. The van der Waals surface area contributed by atoms with Crippen LogP contribution in [0, 0.1) is 13.8 Å². The summed E-state index contributed by atoms with van der Waals surface area (Å²) >= 11 is 0. The molecule has 0 spiro atoms. The summed E-state index contributed by atoms with van der Waals surface area (Å²) in [6.07, 6.45) is 0. The van der Waals surface area contributed by atoms with Gasteiger partial charge in [0.05, 0.1) is 6.54 Å². The van der Waals surface area contributed by atoms with Crippen molar-refractivity contribution in [3.05, 3.63) is 34.9 Å². The summed E-state index contributed by atoms with van der Waals surface area (Å²) in [4.78, 5) is 0. The average Bonchev–Trinajstić information content (AvgIpc) is 1.94. The van der Waals surface area contributed by atoms with Crippen molar-refractivity contribution in [2.45, 2.75) is 20.4 Å². The van der Waals surface area contributed by atoms with Crippen molar-refractivity contribution in [3.63, 3.8) is 0 Å². The van der Waals surface area contributed by atoms with Gasteiger partial charge in [-0.2, -0.15) is 0 Å².